The summed E-state index contributed by atoms with van der Waals surface area (Å²) in [6, 6.07) is 14.2. The summed E-state index contributed by atoms with van der Waals surface area (Å²) >= 11 is 0. The third-order valence-corrected chi connectivity index (χ3v) is 5.74. The second-order valence-electron chi connectivity index (χ2n) is 6.63. The van der Waals surface area contributed by atoms with Crippen LogP contribution >= 0.6 is 0 Å². The van der Waals surface area contributed by atoms with Crippen LogP contribution in [-0.2, 0) is 21.4 Å². The molecule has 10 heteroatoms. The number of rotatable bonds is 8. The molecule has 0 atom stereocenters. The fourth-order valence-electron chi connectivity index (χ4n) is 2.86. The average Bonchev–Trinajstić information content (AvgIpc) is 2.76. The Bertz CT molecular complexity index is 1300. The number of hydrogen-bond donors (Lipinski definition) is 2. The molecular formula is C22H16F2N2O5S. The maximum atomic E-state index is 14.0. The van der Waals surface area contributed by atoms with Crippen molar-refractivity contribution in [1.29, 1.82) is 5.26 Å². The Hall–Kier alpha value is -3.81. The first-order chi connectivity index (χ1) is 15.2. The molecule has 0 saturated carbocycles. The average molecular weight is 458 g/mol. The first-order valence-corrected chi connectivity index (χ1v) is 10.6. The smallest absolute Gasteiger partial charge is 0.341 e. The lowest BCUT2D eigenvalue weighted by Crippen LogP contribution is -2.23. The van der Waals surface area contributed by atoms with Gasteiger partial charge in [0.2, 0.25) is 10.0 Å². The van der Waals surface area contributed by atoms with E-state index in [9.17, 15) is 22.0 Å². The molecule has 0 radical (unpaired) electrons. The number of nitriles is 1. The van der Waals surface area contributed by atoms with Crippen molar-refractivity contribution >= 4 is 16.0 Å². The molecule has 32 heavy (non-hydrogen) atoms. The lowest BCUT2D eigenvalue weighted by atomic mass is 10.00. The number of carboxylic acids is 1. The van der Waals surface area contributed by atoms with Gasteiger partial charge in [-0.25, -0.2) is 26.7 Å². The number of hydrogen-bond acceptors (Lipinski definition) is 5. The number of nitrogens with one attached hydrogen (secondary N) is 1. The molecule has 3 aromatic rings. The summed E-state index contributed by atoms with van der Waals surface area (Å²) in [5.41, 5.74) is 1.04. The molecule has 0 aliphatic rings. The number of nitrogens with zero attached hydrogens (tertiary/aromatic N) is 1. The van der Waals surface area contributed by atoms with E-state index < -0.39 is 34.2 Å². The van der Waals surface area contributed by atoms with Gasteiger partial charge in [-0.15, -0.1) is 0 Å². The van der Waals surface area contributed by atoms with Crippen LogP contribution < -0.4 is 9.46 Å². The second-order valence-corrected chi connectivity index (χ2v) is 8.40. The van der Waals surface area contributed by atoms with Crippen LogP contribution in [0.5, 0.6) is 5.75 Å². The van der Waals surface area contributed by atoms with Crippen LogP contribution in [0.3, 0.4) is 0 Å². The number of ether oxygens (including phenoxy) is 1. The highest BCUT2D eigenvalue weighted by molar-refractivity contribution is 7.89. The second kappa shape index (κ2) is 9.55. The van der Waals surface area contributed by atoms with Crippen LogP contribution in [0.15, 0.2) is 65.6 Å². The van der Waals surface area contributed by atoms with Crippen molar-refractivity contribution < 1.29 is 31.8 Å². The number of aliphatic carboxylic acids is 1. The lowest BCUT2D eigenvalue weighted by molar-refractivity contribution is -0.139. The number of carbonyl (C=O) groups is 1. The van der Waals surface area contributed by atoms with Gasteiger partial charge in [-0.1, -0.05) is 6.07 Å². The summed E-state index contributed by atoms with van der Waals surface area (Å²) in [4.78, 5) is 10.8. The van der Waals surface area contributed by atoms with Crippen LogP contribution in [0.1, 0.15) is 11.1 Å². The van der Waals surface area contributed by atoms with Crippen LogP contribution in [0.2, 0.25) is 0 Å². The quantitative estimate of drug-likeness (QED) is 0.534. The van der Waals surface area contributed by atoms with Gasteiger partial charge >= 0.3 is 5.97 Å². The molecule has 7 nitrogen and oxygen atoms in total. The maximum absolute atomic E-state index is 14.0. The fraction of sp³-hybridized carbons (Fsp3) is 0.0909. The molecular weight excluding hydrogens is 442 g/mol. The van der Waals surface area contributed by atoms with Gasteiger partial charge < -0.3 is 9.84 Å². The van der Waals surface area contributed by atoms with Crippen LogP contribution in [0.4, 0.5) is 8.78 Å². The molecule has 0 heterocycles. The molecule has 0 saturated heterocycles. The maximum Gasteiger partial charge on any atom is 0.341 e. The number of benzene rings is 3. The topological polar surface area (TPSA) is 116 Å². The van der Waals surface area contributed by atoms with Gasteiger partial charge in [0.05, 0.1) is 16.5 Å². The van der Waals surface area contributed by atoms with E-state index in [1.165, 1.54) is 24.3 Å². The van der Waals surface area contributed by atoms with E-state index >= 15 is 0 Å². The van der Waals surface area contributed by atoms with E-state index in [1.54, 1.807) is 0 Å². The fourth-order valence-corrected chi connectivity index (χ4v) is 3.88. The van der Waals surface area contributed by atoms with E-state index in [-0.39, 0.29) is 33.9 Å². The number of sulfonamides is 1. The number of carboxylic acid groups (broad SMARTS) is 1. The first-order valence-electron chi connectivity index (χ1n) is 9.12. The van der Waals surface area contributed by atoms with Gasteiger partial charge in [0.15, 0.2) is 6.61 Å². The van der Waals surface area contributed by atoms with Gasteiger partial charge in [0.25, 0.3) is 0 Å². The standard InChI is InChI=1S/C22H16F2N2O5S/c23-17-2-4-19(5-3-17)32(29,30)26-12-14-1-6-21(31-13-22(27)28)20(9-14)16-7-15(11-25)8-18(24)10-16/h1-10,26H,12-13H2,(H,27,28). The van der Waals surface area contributed by atoms with Gasteiger partial charge in [-0.2, -0.15) is 5.26 Å². The Kier molecular flexibility index (Phi) is 6.82. The SMILES string of the molecule is N#Cc1cc(F)cc(-c2cc(CNS(=O)(=O)c3ccc(F)cc3)ccc2OCC(=O)O)c1. The molecule has 0 unspecified atom stereocenters. The predicted molar refractivity (Wildman–Crippen MR) is 110 cm³/mol. The minimum absolute atomic E-state index is 0.0478. The zero-order chi connectivity index (χ0) is 23.3. The Labute approximate surface area is 182 Å². The summed E-state index contributed by atoms with van der Waals surface area (Å²) in [6.07, 6.45) is 0. The van der Waals surface area contributed by atoms with E-state index in [2.05, 4.69) is 4.72 Å². The molecule has 3 rings (SSSR count). The van der Waals surface area contributed by atoms with Gasteiger partial charge in [0, 0.05) is 12.1 Å². The molecule has 0 fully saturated rings. The van der Waals surface area contributed by atoms with Crippen LogP contribution in [0, 0.1) is 23.0 Å². The summed E-state index contributed by atoms with van der Waals surface area (Å²) in [5, 5.41) is 18.0. The molecule has 0 aromatic heterocycles. The summed E-state index contributed by atoms with van der Waals surface area (Å²) < 4.78 is 59.5. The highest BCUT2D eigenvalue weighted by atomic mass is 32.2. The van der Waals surface area contributed by atoms with Crippen molar-refractivity contribution in [3.8, 4) is 22.9 Å². The minimum atomic E-state index is -3.93. The Morgan fingerprint density at radius 2 is 1.75 bits per heavy atom. The largest absolute Gasteiger partial charge is 0.481 e. The molecule has 3 aromatic carbocycles. The monoisotopic (exact) mass is 458 g/mol. The van der Waals surface area contributed by atoms with Gasteiger partial charge in [-0.05, 0) is 65.7 Å². The van der Waals surface area contributed by atoms with Crippen molar-refractivity contribution in [2.24, 2.45) is 0 Å². The zero-order valence-corrected chi connectivity index (χ0v) is 17.2. The third-order valence-electron chi connectivity index (χ3n) is 4.32. The molecule has 0 amide bonds. The first kappa shape index (κ1) is 22.9. The predicted octanol–water partition coefficient (Wildman–Crippen LogP) is 3.45. The summed E-state index contributed by atoms with van der Waals surface area (Å²) in [5.74, 6) is -2.35. The molecule has 164 valence electrons. The van der Waals surface area contributed by atoms with E-state index in [0.29, 0.717) is 5.56 Å². The van der Waals surface area contributed by atoms with Crippen molar-refractivity contribution in [2.45, 2.75) is 11.4 Å². The van der Waals surface area contributed by atoms with Crippen molar-refractivity contribution in [3.63, 3.8) is 0 Å². The zero-order valence-electron chi connectivity index (χ0n) is 16.4. The molecule has 0 spiro atoms. The molecule has 0 aliphatic carbocycles. The van der Waals surface area contributed by atoms with Crippen molar-refractivity contribution in [1.82, 2.24) is 4.72 Å². The molecule has 2 N–H and O–H groups in total. The Morgan fingerprint density at radius 1 is 1.03 bits per heavy atom. The highest BCUT2D eigenvalue weighted by Crippen LogP contribution is 2.32. The minimum Gasteiger partial charge on any atom is -0.481 e. The van der Waals surface area contributed by atoms with Gasteiger partial charge in [0.1, 0.15) is 17.4 Å². The summed E-state index contributed by atoms with van der Waals surface area (Å²) in [6.45, 7) is -0.809. The van der Waals surface area contributed by atoms with E-state index in [1.807, 2.05) is 6.07 Å². The highest BCUT2D eigenvalue weighted by Gasteiger charge is 2.16. The normalized spacial score (nSPS) is 11.0. The Morgan fingerprint density at radius 3 is 2.41 bits per heavy atom. The number of halogens is 2. The lowest BCUT2D eigenvalue weighted by Gasteiger charge is -2.14. The van der Waals surface area contributed by atoms with Crippen LogP contribution in [0.25, 0.3) is 11.1 Å². The third kappa shape index (κ3) is 5.66. The van der Waals surface area contributed by atoms with Crippen LogP contribution in [-0.4, -0.2) is 26.1 Å². The van der Waals surface area contributed by atoms with Gasteiger partial charge in [-0.3, -0.25) is 0 Å². The van der Waals surface area contributed by atoms with E-state index in [4.69, 9.17) is 15.1 Å². The van der Waals surface area contributed by atoms with Crippen molar-refractivity contribution in [3.05, 3.63) is 83.4 Å². The molecule has 0 aliphatic heterocycles. The summed E-state index contributed by atoms with van der Waals surface area (Å²) in [7, 11) is -3.93. The Balaban J connectivity index is 1.93. The van der Waals surface area contributed by atoms with Crippen molar-refractivity contribution in [2.75, 3.05) is 6.61 Å². The van der Waals surface area contributed by atoms with E-state index in [0.717, 1.165) is 36.4 Å². The molecule has 0 bridgehead atoms.